The van der Waals surface area contributed by atoms with E-state index >= 15 is 0 Å². The first kappa shape index (κ1) is 18.5. The summed E-state index contributed by atoms with van der Waals surface area (Å²) in [6.07, 6.45) is 1.47. The summed E-state index contributed by atoms with van der Waals surface area (Å²) >= 11 is 6.11. The van der Waals surface area contributed by atoms with Crippen LogP contribution in [-0.2, 0) is 13.7 Å². The molecule has 3 aromatic rings. The number of ether oxygens (including phenoxy) is 1. The van der Waals surface area contributed by atoms with Crippen LogP contribution in [0.1, 0.15) is 33.0 Å². The first-order valence-electron chi connectivity index (χ1n) is 7.96. The van der Waals surface area contributed by atoms with Gasteiger partial charge < -0.3 is 9.84 Å². The summed E-state index contributed by atoms with van der Waals surface area (Å²) in [5.41, 5.74) is 3.01. The van der Waals surface area contributed by atoms with Gasteiger partial charge in [-0.15, -0.1) is 0 Å². The van der Waals surface area contributed by atoms with Crippen molar-refractivity contribution in [2.45, 2.75) is 20.5 Å². The van der Waals surface area contributed by atoms with Gasteiger partial charge in [0.05, 0.1) is 28.2 Å². The second-order valence-electron chi connectivity index (χ2n) is 5.92. The molecule has 0 fully saturated rings. The average molecular weight is 386 g/mol. The lowest BCUT2D eigenvalue weighted by atomic mass is 10.2. The molecule has 8 nitrogen and oxygen atoms in total. The fraction of sp³-hybridized carbons (Fsp3) is 0.222. The molecule has 2 heterocycles. The van der Waals surface area contributed by atoms with Crippen LogP contribution >= 0.6 is 11.6 Å². The van der Waals surface area contributed by atoms with Gasteiger partial charge in [-0.1, -0.05) is 11.6 Å². The number of rotatable bonds is 5. The third kappa shape index (κ3) is 3.37. The van der Waals surface area contributed by atoms with E-state index < -0.39 is 5.97 Å². The predicted octanol–water partition coefficient (Wildman–Crippen LogP) is 3.02. The van der Waals surface area contributed by atoms with Crippen LogP contribution in [0.3, 0.4) is 0 Å². The number of carboxylic acid groups (broad SMARTS) is 1. The maximum atomic E-state index is 11.4. The first-order valence-corrected chi connectivity index (χ1v) is 8.34. The molecule has 0 aliphatic carbocycles. The summed E-state index contributed by atoms with van der Waals surface area (Å²) in [5, 5.41) is 27.1. The van der Waals surface area contributed by atoms with Gasteiger partial charge in [0, 0.05) is 12.6 Å². The predicted molar refractivity (Wildman–Crippen MR) is 97.3 cm³/mol. The van der Waals surface area contributed by atoms with Crippen molar-refractivity contribution in [1.82, 2.24) is 19.6 Å². The fourth-order valence-electron chi connectivity index (χ4n) is 2.83. The van der Waals surface area contributed by atoms with Gasteiger partial charge in [0.1, 0.15) is 18.4 Å². The molecule has 0 atom stereocenters. The summed E-state index contributed by atoms with van der Waals surface area (Å²) in [7, 11) is 1.57. The van der Waals surface area contributed by atoms with E-state index in [-0.39, 0.29) is 12.3 Å². The van der Waals surface area contributed by atoms with Crippen molar-refractivity contribution in [3.05, 3.63) is 57.6 Å². The van der Waals surface area contributed by atoms with E-state index in [2.05, 4.69) is 10.2 Å². The summed E-state index contributed by atoms with van der Waals surface area (Å²) < 4.78 is 8.81. The van der Waals surface area contributed by atoms with E-state index in [4.69, 9.17) is 21.6 Å². The zero-order valence-electron chi connectivity index (χ0n) is 14.9. The Labute approximate surface area is 160 Å². The third-order valence-corrected chi connectivity index (χ3v) is 4.44. The highest BCUT2D eigenvalue weighted by Crippen LogP contribution is 2.28. The van der Waals surface area contributed by atoms with Crippen molar-refractivity contribution in [3.63, 3.8) is 0 Å². The van der Waals surface area contributed by atoms with Crippen molar-refractivity contribution < 1.29 is 14.6 Å². The number of nitrogens with zero attached hydrogens (tertiary/aromatic N) is 5. The lowest BCUT2D eigenvalue weighted by Crippen LogP contribution is -2.09. The topological polar surface area (TPSA) is 106 Å². The average Bonchev–Trinajstić information content (AvgIpc) is 3.13. The Kier molecular flexibility index (Phi) is 4.88. The van der Waals surface area contributed by atoms with Crippen LogP contribution in [0.25, 0.3) is 5.69 Å². The highest BCUT2D eigenvalue weighted by molar-refractivity contribution is 6.31. The minimum Gasteiger partial charge on any atom is -0.485 e. The van der Waals surface area contributed by atoms with Crippen LogP contribution in [0.4, 0.5) is 0 Å². The number of hydrogen-bond donors (Lipinski definition) is 1. The maximum absolute atomic E-state index is 11.4. The first-order chi connectivity index (χ1) is 12.8. The molecule has 27 heavy (non-hydrogen) atoms. The van der Waals surface area contributed by atoms with Gasteiger partial charge in [-0.3, -0.25) is 4.68 Å². The van der Waals surface area contributed by atoms with Gasteiger partial charge in [-0.2, -0.15) is 15.5 Å². The summed E-state index contributed by atoms with van der Waals surface area (Å²) in [6.45, 7) is 3.69. The molecule has 0 saturated carbocycles. The van der Waals surface area contributed by atoms with Gasteiger partial charge >= 0.3 is 5.97 Å². The zero-order chi connectivity index (χ0) is 19.7. The van der Waals surface area contributed by atoms with Gasteiger partial charge in [0.2, 0.25) is 0 Å². The lowest BCUT2D eigenvalue weighted by Gasteiger charge is -2.08. The molecule has 0 radical (unpaired) electrons. The van der Waals surface area contributed by atoms with Gasteiger partial charge in [-0.05, 0) is 32.0 Å². The van der Waals surface area contributed by atoms with E-state index in [0.717, 1.165) is 5.69 Å². The van der Waals surface area contributed by atoms with E-state index in [1.807, 2.05) is 13.0 Å². The lowest BCUT2D eigenvalue weighted by molar-refractivity contribution is 0.0682. The Hall–Kier alpha value is -3.31. The number of hydrogen-bond acceptors (Lipinski definition) is 5. The Morgan fingerprint density at radius 3 is 2.78 bits per heavy atom. The van der Waals surface area contributed by atoms with Crippen molar-refractivity contribution in [1.29, 1.82) is 5.26 Å². The minimum absolute atomic E-state index is 0.0526. The number of aryl methyl sites for hydroxylation is 2. The molecular formula is C18H16ClN5O3. The standard InChI is InChI=1S/C18H16ClN5O3/c1-10-17(27-9-13-8-21-23(3)16(13)18(25)26)11(2)24(22-10)14-5-4-12(7-20)15(19)6-14/h4-6,8H,9H2,1-3H3,(H,25,26). The SMILES string of the molecule is Cc1nn(-c2ccc(C#N)c(Cl)c2)c(C)c1OCc1cnn(C)c1C(=O)O. The number of carbonyl (C=O) groups is 1. The van der Waals surface area contributed by atoms with Crippen LogP contribution in [-0.4, -0.2) is 30.6 Å². The summed E-state index contributed by atoms with van der Waals surface area (Å²) in [4.78, 5) is 11.4. The molecule has 1 aromatic carbocycles. The normalized spacial score (nSPS) is 10.6. The van der Waals surface area contributed by atoms with Crippen LogP contribution in [0.2, 0.25) is 5.02 Å². The Balaban J connectivity index is 1.90. The molecule has 3 rings (SSSR count). The van der Waals surface area contributed by atoms with E-state index in [9.17, 15) is 9.90 Å². The van der Waals surface area contributed by atoms with Crippen LogP contribution in [0, 0.1) is 25.2 Å². The quantitative estimate of drug-likeness (QED) is 0.723. The third-order valence-electron chi connectivity index (χ3n) is 4.13. The molecular weight excluding hydrogens is 370 g/mol. The number of aromatic nitrogens is 4. The van der Waals surface area contributed by atoms with E-state index in [0.29, 0.717) is 33.3 Å². The fourth-order valence-corrected chi connectivity index (χ4v) is 3.05. The second-order valence-corrected chi connectivity index (χ2v) is 6.33. The highest BCUT2D eigenvalue weighted by atomic mass is 35.5. The van der Waals surface area contributed by atoms with E-state index in [1.54, 1.807) is 36.9 Å². The number of halogens is 1. The number of aromatic carboxylic acids is 1. The largest absolute Gasteiger partial charge is 0.485 e. The number of carboxylic acids is 1. The smallest absolute Gasteiger partial charge is 0.354 e. The highest BCUT2D eigenvalue weighted by Gasteiger charge is 2.19. The molecule has 0 amide bonds. The zero-order valence-corrected chi connectivity index (χ0v) is 15.7. The summed E-state index contributed by atoms with van der Waals surface area (Å²) in [5.74, 6) is -0.513. The molecule has 0 aliphatic heterocycles. The van der Waals surface area contributed by atoms with Crippen molar-refractivity contribution >= 4 is 17.6 Å². The van der Waals surface area contributed by atoms with Gasteiger partial charge in [0.25, 0.3) is 0 Å². The van der Waals surface area contributed by atoms with Crippen molar-refractivity contribution in [2.24, 2.45) is 7.05 Å². The Morgan fingerprint density at radius 1 is 1.41 bits per heavy atom. The summed E-state index contributed by atoms with van der Waals surface area (Å²) in [6, 6.07) is 7.05. The van der Waals surface area contributed by atoms with Crippen molar-refractivity contribution in [2.75, 3.05) is 0 Å². The number of nitriles is 1. The molecule has 0 spiro atoms. The number of benzene rings is 1. The molecule has 9 heteroatoms. The van der Waals surface area contributed by atoms with Crippen LogP contribution in [0.5, 0.6) is 5.75 Å². The van der Waals surface area contributed by atoms with Crippen LogP contribution < -0.4 is 4.74 Å². The molecule has 0 bridgehead atoms. The molecule has 0 saturated heterocycles. The molecule has 0 unspecified atom stereocenters. The minimum atomic E-state index is -1.06. The Bertz CT molecular complexity index is 1080. The Morgan fingerprint density at radius 2 is 2.15 bits per heavy atom. The van der Waals surface area contributed by atoms with E-state index in [1.165, 1.54) is 10.9 Å². The van der Waals surface area contributed by atoms with Gasteiger partial charge in [0.15, 0.2) is 11.4 Å². The molecule has 138 valence electrons. The van der Waals surface area contributed by atoms with Gasteiger partial charge in [-0.25, -0.2) is 9.48 Å². The van der Waals surface area contributed by atoms with Crippen LogP contribution in [0.15, 0.2) is 24.4 Å². The monoisotopic (exact) mass is 385 g/mol. The maximum Gasteiger partial charge on any atom is 0.354 e. The second kappa shape index (κ2) is 7.13. The van der Waals surface area contributed by atoms with Crippen molar-refractivity contribution in [3.8, 4) is 17.5 Å². The molecule has 0 aliphatic rings. The molecule has 2 aromatic heterocycles. The molecule has 1 N–H and O–H groups in total.